The van der Waals surface area contributed by atoms with Crippen molar-refractivity contribution in [2.45, 2.75) is 31.7 Å². The minimum atomic E-state index is -1.06. The zero-order chi connectivity index (χ0) is 22.9. The summed E-state index contributed by atoms with van der Waals surface area (Å²) in [6.45, 7) is 2.51. The molecule has 0 saturated carbocycles. The molecule has 0 heterocycles. The number of nitrogens with one attached hydrogen (secondary N) is 2. The van der Waals surface area contributed by atoms with Gasteiger partial charge in [0.05, 0.1) is 13.2 Å². The lowest BCUT2D eigenvalue weighted by atomic mass is 9.98. The Hall–Kier alpha value is -3.39. The normalized spacial score (nSPS) is 13.0. The van der Waals surface area contributed by atoms with Crippen LogP contribution in [0.25, 0.3) is 11.1 Å². The molecule has 0 unspecified atom stereocenters. The van der Waals surface area contributed by atoms with Crippen LogP contribution in [0, 0.1) is 0 Å². The summed E-state index contributed by atoms with van der Waals surface area (Å²) in [7, 11) is 0. The van der Waals surface area contributed by atoms with Crippen molar-refractivity contribution in [2.24, 2.45) is 0 Å². The molecule has 170 valence electrons. The molecule has 0 spiro atoms. The van der Waals surface area contributed by atoms with Gasteiger partial charge in [0.15, 0.2) is 0 Å². The van der Waals surface area contributed by atoms with Crippen LogP contribution in [-0.4, -0.2) is 55.5 Å². The fourth-order valence-corrected chi connectivity index (χ4v) is 3.75. The number of fused-ring (bicyclic) bond motifs is 3. The maximum Gasteiger partial charge on any atom is 0.407 e. The van der Waals surface area contributed by atoms with Gasteiger partial charge in [-0.3, -0.25) is 4.79 Å². The number of carbonyl (C=O) groups excluding carboxylic acids is 2. The lowest BCUT2D eigenvalue weighted by Crippen LogP contribution is -2.40. The summed E-state index contributed by atoms with van der Waals surface area (Å²) in [6, 6.07) is 15.4. The molecule has 1 aliphatic carbocycles. The third kappa shape index (κ3) is 5.85. The van der Waals surface area contributed by atoms with Crippen molar-refractivity contribution in [3.63, 3.8) is 0 Å². The van der Waals surface area contributed by atoms with Gasteiger partial charge in [-0.2, -0.15) is 0 Å². The molecule has 2 amide bonds. The molecule has 2 aromatic rings. The highest BCUT2D eigenvalue weighted by Gasteiger charge is 2.28. The van der Waals surface area contributed by atoms with E-state index in [9.17, 15) is 14.4 Å². The minimum Gasteiger partial charge on any atom is -0.480 e. The first-order valence-corrected chi connectivity index (χ1v) is 10.7. The van der Waals surface area contributed by atoms with Crippen molar-refractivity contribution < 1.29 is 29.0 Å². The molecule has 32 heavy (non-hydrogen) atoms. The molecular weight excluding hydrogens is 412 g/mol. The molecule has 1 atom stereocenters. The van der Waals surface area contributed by atoms with Crippen molar-refractivity contribution in [3.8, 4) is 11.1 Å². The topological polar surface area (TPSA) is 114 Å². The summed E-state index contributed by atoms with van der Waals surface area (Å²) in [4.78, 5) is 34.7. The molecule has 0 fully saturated rings. The third-order valence-corrected chi connectivity index (χ3v) is 5.37. The number of aliphatic carboxylic acids is 1. The molecule has 3 N–H and O–H groups in total. The van der Waals surface area contributed by atoms with Gasteiger partial charge in [-0.15, -0.1) is 0 Å². The zero-order valence-corrected chi connectivity index (χ0v) is 18.0. The van der Waals surface area contributed by atoms with E-state index in [1.807, 2.05) is 24.3 Å². The second kappa shape index (κ2) is 11.3. The summed E-state index contributed by atoms with van der Waals surface area (Å²) in [5, 5.41) is 14.0. The number of alkyl carbamates (subject to hydrolysis) is 1. The molecular formula is C24H28N2O6. The largest absolute Gasteiger partial charge is 0.480 e. The second-order valence-electron chi connectivity index (χ2n) is 7.48. The van der Waals surface area contributed by atoms with Gasteiger partial charge >= 0.3 is 12.1 Å². The highest BCUT2D eigenvalue weighted by molar-refractivity contribution is 5.83. The fourth-order valence-electron chi connectivity index (χ4n) is 3.75. The van der Waals surface area contributed by atoms with E-state index in [0.717, 1.165) is 11.1 Å². The molecule has 0 saturated heterocycles. The van der Waals surface area contributed by atoms with Crippen LogP contribution in [0.5, 0.6) is 0 Å². The van der Waals surface area contributed by atoms with E-state index in [-0.39, 0.29) is 44.6 Å². The van der Waals surface area contributed by atoms with Crippen molar-refractivity contribution in [1.29, 1.82) is 0 Å². The van der Waals surface area contributed by atoms with Gasteiger partial charge < -0.3 is 25.2 Å². The molecule has 8 heteroatoms. The van der Waals surface area contributed by atoms with Gasteiger partial charge in [0.2, 0.25) is 5.91 Å². The van der Waals surface area contributed by atoms with E-state index >= 15 is 0 Å². The molecule has 1 aliphatic rings. The van der Waals surface area contributed by atoms with Gasteiger partial charge in [0.1, 0.15) is 12.6 Å². The maximum absolute atomic E-state index is 12.1. The number of amides is 2. The lowest BCUT2D eigenvalue weighted by molar-refractivity contribution is -0.142. The average molecular weight is 440 g/mol. The Kier molecular flexibility index (Phi) is 8.21. The van der Waals surface area contributed by atoms with Crippen molar-refractivity contribution in [2.75, 3.05) is 26.4 Å². The number of carboxylic acid groups (broad SMARTS) is 1. The lowest BCUT2D eigenvalue weighted by Gasteiger charge is -2.14. The Balaban J connectivity index is 1.34. The van der Waals surface area contributed by atoms with Crippen molar-refractivity contribution in [1.82, 2.24) is 10.6 Å². The minimum absolute atomic E-state index is 0.000612. The quantitative estimate of drug-likeness (QED) is 0.463. The third-order valence-electron chi connectivity index (χ3n) is 5.37. The standard InChI is InChI=1S/C24H28N2O6/c1-2-21(23(28)29)26-22(27)11-13-31-14-12-25-24(30)32-15-20-18-9-5-3-7-16(18)17-8-4-6-10-19(17)20/h3-10,20-21H,2,11-15H2,1H3,(H,25,30)(H,26,27)(H,28,29)/t21-/m1/s1. The van der Waals surface area contributed by atoms with Crippen LogP contribution < -0.4 is 10.6 Å². The van der Waals surface area contributed by atoms with E-state index in [1.54, 1.807) is 6.92 Å². The molecule has 0 radical (unpaired) electrons. The molecule has 2 aromatic carbocycles. The number of carboxylic acids is 1. The monoisotopic (exact) mass is 440 g/mol. The van der Waals surface area contributed by atoms with Gasteiger partial charge in [0, 0.05) is 18.9 Å². The first-order chi connectivity index (χ1) is 15.5. The van der Waals surface area contributed by atoms with Gasteiger partial charge in [-0.1, -0.05) is 55.5 Å². The van der Waals surface area contributed by atoms with E-state index < -0.39 is 18.1 Å². The van der Waals surface area contributed by atoms with Gasteiger partial charge in [-0.05, 0) is 28.7 Å². The highest BCUT2D eigenvalue weighted by Crippen LogP contribution is 2.44. The smallest absolute Gasteiger partial charge is 0.407 e. The van der Waals surface area contributed by atoms with Gasteiger partial charge in [0.25, 0.3) is 0 Å². The Morgan fingerprint density at radius 1 is 1.00 bits per heavy atom. The predicted molar refractivity (Wildman–Crippen MR) is 118 cm³/mol. The van der Waals surface area contributed by atoms with E-state index in [0.29, 0.717) is 6.42 Å². The first kappa shape index (κ1) is 23.3. The molecule has 0 aliphatic heterocycles. The van der Waals surface area contributed by atoms with Crippen LogP contribution in [0.3, 0.4) is 0 Å². The van der Waals surface area contributed by atoms with E-state index in [4.69, 9.17) is 14.6 Å². The van der Waals surface area contributed by atoms with Crippen LogP contribution in [-0.2, 0) is 19.1 Å². The summed E-state index contributed by atoms with van der Waals surface area (Å²) in [6.07, 6.45) is -0.166. The van der Waals surface area contributed by atoms with Crippen molar-refractivity contribution >= 4 is 18.0 Å². The SMILES string of the molecule is CC[C@@H](NC(=O)CCOCCNC(=O)OCC1c2ccccc2-c2ccccc21)C(=O)O. The molecule has 0 bridgehead atoms. The molecule has 8 nitrogen and oxygen atoms in total. The molecule has 3 rings (SSSR count). The van der Waals surface area contributed by atoms with Crippen LogP contribution in [0.15, 0.2) is 48.5 Å². The van der Waals surface area contributed by atoms with Crippen LogP contribution in [0.4, 0.5) is 4.79 Å². The average Bonchev–Trinajstić information content (AvgIpc) is 3.12. The highest BCUT2D eigenvalue weighted by atomic mass is 16.5. The summed E-state index contributed by atoms with van der Waals surface area (Å²) in [5.74, 6) is -1.45. The summed E-state index contributed by atoms with van der Waals surface area (Å²) < 4.78 is 10.8. The van der Waals surface area contributed by atoms with Gasteiger partial charge in [-0.25, -0.2) is 9.59 Å². The number of ether oxygens (including phenoxy) is 2. The summed E-state index contributed by atoms with van der Waals surface area (Å²) in [5.41, 5.74) is 4.64. The number of carbonyl (C=O) groups is 3. The summed E-state index contributed by atoms with van der Waals surface area (Å²) >= 11 is 0. The van der Waals surface area contributed by atoms with Crippen molar-refractivity contribution in [3.05, 3.63) is 59.7 Å². The predicted octanol–water partition coefficient (Wildman–Crippen LogP) is 2.91. The molecule has 0 aromatic heterocycles. The zero-order valence-electron chi connectivity index (χ0n) is 18.0. The Bertz CT molecular complexity index is 916. The van der Waals surface area contributed by atoms with E-state index in [1.165, 1.54) is 11.1 Å². The number of hydrogen-bond donors (Lipinski definition) is 3. The van der Waals surface area contributed by atoms with Crippen LogP contribution in [0.1, 0.15) is 36.8 Å². The van der Waals surface area contributed by atoms with Crippen LogP contribution >= 0.6 is 0 Å². The Morgan fingerprint density at radius 3 is 2.22 bits per heavy atom. The second-order valence-corrected chi connectivity index (χ2v) is 7.48. The fraction of sp³-hybridized carbons (Fsp3) is 0.375. The number of hydrogen-bond acceptors (Lipinski definition) is 5. The number of benzene rings is 2. The first-order valence-electron chi connectivity index (χ1n) is 10.7. The Morgan fingerprint density at radius 2 is 1.62 bits per heavy atom. The Labute approximate surface area is 186 Å². The van der Waals surface area contributed by atoms with E-state index in [2.05, 4.69) is 34.9 Å². The number of rotatable bonds is 11. The maximum atomic E-state index is 12.1. The van der Waals surface area contributed by atoms with Crippen LogP contribution in [0.2, 0.25) is 0 Å².